The SMILES string of the molecule is COCCCNC(=O)CN(C)CC(=O)NC(C)c1ccccc1. The van der Waals surface area contributed by atoms with Gasteiger partial charge in [0.1, 0.15) is 0 Å². The van der Waals surface area contributed by atoms with E-state index in [-0.39, 0.29) is 30.9 Å². The molecule has 1 unspecified atom stereocenters. The Labute approximate surface area is 138 Å². The third kappa shape index (κ3) is 8.32. The maximum Gasteiger partial charge on any atom is 0.234 e. The van der Waals surface area contributed by atoms with Crippen LogP contribution in [0.1, 0.15) is 24.9 Å². The molecule has 6 heteroatoms. The van der Waals surface area contributed by atoms with E-state index in [2.05, 4.69) is 10.6 Å². The molecule has 0 spiro atoms. The largest absolute Gasteiger partial charge is 0.385 e. The number of hydrogen-bond donors (Lipinski definition) is 2. The first kappa shape index (κ1) is 19.1. The van der Waals surface area contributed by atoms with Crippen LogP contribution in [-0.2, 0) is 14.3 Å². The summed E-state index contributed by atoms with van der Waals surface area (Å²) in [5, 5.41) is 5.73. The van der Waals surface area contributed by atoms with E-state index in [1.165, 1.54) is 0 Å². The molecule has 0 aromatic heterocycles. The number of amides is 2. The fraction of sp³-hybridized carbons (Fsp3) is 0.529. The van der Waals surface area contributed by atoms with E-state index in [0.717, 1.165) is 12.0 Å². The highest BCUT2D eigenvalue weighted by Crippen LogP contribution is 2.10. The van der Waals surface area contributed by atoms with Crippen LogP contribution in [0.25, 0.3) is 0 Å². The minimum absolute atomic E-state index is 0.0556. The van der Waals surface area contributed by atoms with E-state index >= 15 is 0 Å². The number of methoxy groups -OCH3 is 1. The van der Waals surface area contributed by atoms with Gasteiger partial charge in [-0.2, -0.15) is 0 Å². The number of nitrogens with zero attached hydrogens (tertiary/aromatic N) is 1. The van der Waals surface area contributed by atoms with Gasteiger partial charge in [-0.05, 0) is 26.0 Å². The van der Waals surface area contributed by atoms with Gasteiger partial charge in [-0.15, -0.1) is 0 Å². The van der Waals surface area contributed by atoms with Crippen molar-refractivity contribution in [2.24, 2.45) is 0 Å². The van der Waals surface area contributed by atoms with Gasteiger partial charge in [0.15, 0.2) is 0 Å². The second-order valence-electron chi connectivity index (χ2n) is 5.57. The Morgan fingerprint density at radius 3 is 2.48 bits per heavy atom. The lowest BCUT2D eigenvalue weighted by Crippen LogP contribution is -2.41. The number of rotatable bonds is 10. The van der Waals surface area contributed by atoms with Gasteiger partial charge < -0.3 is 15.4 Å². The fourth-order valence-electron chi connectivity index (χ4n) is 2.16. The molecule has 1 rings (SSSR count). The Hall–Kier alpha value is -1.92. The summed E-state index contributed by atoms with van der Waals surface area (Å²) in [6.07, 6.45) is 0.779. The van der Waals surface area contributed by atoms with Gasteiger partial charge in [0, 0.05) is 20.3 Å². The molecule has 0 saturated carbocycles. The summed E-state index contributed by atoms with van der Waals surface area (Å²) >= 11 is 0. The van der Waals surface area contributed by atoms with E-state index in [9.17, 15) is 9.59 Å². The zero-order valence-corrected chi connectivity index (χ0v) is 14.2. The quantitative estimate of drug-likeness (QED) is 0.630. The second kappa shape index (κ2) is 10.7. The molecule has 23 heavy (non-hydrogen) atoms. The summed E-state index contributed by atoms with van der Waals surface area (Å²) in [7, 11) is 3.38. The van der Waals surface area contributed by atoms with E-state index in [0.29, 0.717) is 13.2 Å². The first-order valence-electron chi connectivity index (χ1n) is 7.81. The lowest BCUT2D eigenvalue weighted by atomic mass is 10.1. The average molecular weight is 321 g/mol. The number of ether oxygens (including phenoxy) is 1. The van der Waals surface area contributed by atoms with Crippen LogP contribution < -0.4 is 10.6 Å². The van der Waals surface area contributed by atoms with Crippen LogP contribution in [0.5, 0.6) is 0 Å². The molecule has 1 aromatic carbocycles. The normalized spacial score (nSPS) is 12.0. The molecule has 2 amide bonds. The van der Waals surface area contributed by atoms with Crippen molar-refractivity contribution in [2.45, 2.75) is 19.4 Å². The molecule has 0 aliphatic rings. The van der Waals surface area contributed by atoms with Crippen molar-refractivity contribution in [3.8, 4) is 0 Å². The third-order valence-corrected chi connectivity index (χ3v) is 3.35. The van der Waals surface area contributed by atoms with Crippen LogP contribution >= 0.6 is 0 Å². The van der Waals surface area contributed by atoms with Crippen LogP contribution in [-0.4, -0.2) is 57.1 Å². The van der Waals surface area contributed by atoms with Crippen molar-refractivity contribution in [1.29, 1.82) is 0 Å². The number of carbonyl (C=O) groups excluding carboxylic acids is 2. The number of likely N-dealkylation sites (N-methyl/N-ethyl adjacent to an activating group) is 1. The molecule has 0 aliphatic heterocycles. The predicted molar refractivity (Wildman–Crippen MR) is 90.0 cm³/mol. The van der Waals surface area contributed by atoms with E-state index < -0.39 is 0 Å². The first-order chi connectivity index (χ1) is 11.0. The van der Waals surface area contributed by atoms with Crippen LogP contribution in [0.2, 0.25) is 0 Å². The fourth-order valence-corrected chi connectivity index (χ4v) is 2.16. The van der Waals surface area contributed by atoms with Gasteiger partial charge in [0.2, 0.25) is 11.8 Å². The van der Waals surface area contributed by atoms with Crippen molar-refractivity contribution >= 4 is 11.8 Å². The topological polar surface area (TPSA) is 70.7 Å². The zero-order chi connectivity index (χ0) is 17.1. The third-order valence-electron chi connectivity index (χ3n) is 3.35. The Kier molecular flexibility index (Phi) is 8.94. The number of nitrogens with one attached hydrogen (secondary N) is 2. The van der Waals surface area contributed by atoms with Crippen molar-refractivity contribution in [1.82, 2.24) is 15.5 Å². The molecule has 6 nitrogen and oxygen atoms in total. The maximum absolute atomic E-state index is 12.0. The van der Waals surface area contributed by atoms with Crippen molar-refractivity contribution in [2.75, 3.05) is 40.4 Å². The Bertz CT molecular complexity index is 479. The summed E-state index contributed by atoms with van der Waals surface area (Å²) in [6.45, 7) is 3.52. The molecule has 1 atom stereocenters. The molecule has 0 aliphatic carbocycles. The molecule has 0 heterocycles. The Morgan fingerprint density at radius 2 is 1.83 bits per heavy atom. The average Bonchev–Trinajstić information content (AvgIpc) is 2.52. The number of carbonyl (C=O) groups is 2. The van der Waals surface area contributed by atoms with Crippen LogP contribution in [0, 0.1) is 0 Å². The molecule has 0 bridgehead atoms. The lowest BCUT2D eigenvalue weighted by molar-refractivity contribution is -0.124. The Balaban J connectivity index is 2.26. The summed E-state index contributed by atoms with van der Waals surface area (Å²) in [5.41, 5.74) is 1.05. The molecule has 2 N–H and O–H groups in total. The standard InChI is InChI=1S/C17H27N3O3/c1-14(15-8-5-4-6-9-15)19-17(22)13-20(2)12-16(21)18-10-7-11-23-3/h4-6,8-9,14H,7,10-13H2,1-3H3,(H,18,21)(H,19,22). The highest BCUT2D eigenvalue weighted by molar-refractivity contribution is 5.81. The van der Waals surface area contributed by atoms with Crippen LogP contribution in [0.3, 0.4) is 0 Å². The molecule has 0 saturated heterocycles. The predicted octanol–water partition coefficient (Wildman–Crippen LogP) is 0.948. The van der Waals surface area contributed by atoms with Crippen LogP contribution in [0.15, 0.2) is 30.3 Å². The molecular weight excluding hydrogens is 294 g/mol. The summed E-state index contributed by atoms with van der Waals surface area (Å²) in [5.74, 6) is -0.191. The smallest absolute Gasteiger partial charge is 0.234 e. The summed E-state index contributed by atoms with van der Waals surface area (Å²) in [4.78, 5) is 25.4. The van der Waals surface area contributed by atoms with E-state index in [1.54, 1.807) is 19.1 Å². The molecule has 0 radical (unpaired) electrons. The van der Waals surface area contributed by atoms with Gasteiger partial charge in [0.25, 0.3) is 0 Å². The number of benzene rings is 1. The highest BCUT2D eigenvalue weighted by Gasteiger charge is 2.13. The van der Waals surface area contributed by atoms with Crippen molar-refractivity contribution in [3.63, 3.8) is 0 Å². The minimum Gasteiger partial charge on any atom is -0.385 e. The first-order valence-corrected chi connectivity index (χ1v) is 7.81. The molecule has 0 fully saturated rings. The molecular formula is C17H27N3O3. The lowest BCUT2D eigenvalue weighted by Gasteiger charge is -2.19. The van der Waals surface area contributed by atoms with Gasteiger partial charge in [-0.25, -0.2) is 0 Å². The minimum atomic E-state index is -0.101. The van der Waals surface area contributed by atoms with Crippen molar-refractivity contribution in [3.05, 3.63) is 35.9 Å². The maximum atomic E-state index is 12.0. The monoisotopic (exact) mass is 321 g/mol. The zero-order valence-electron chi connectivity index (χ0n) is 14.2. The van der Waals surface area contributed by atoms with Gasteiger partial charge in [0.05, 0.1) is 19.1 Å². The van der Waals surface area contributed by atoms with Gasteiger partial charge in [-0.3, -0.25) is 14.5 Å². The summed E-state index contributed by atoms with van der Waals surface area (Å²) in [6, 6.07) is 9.72. The van der Waals surface area contributed by atoms with Crippen molar-refractivity contribution < 1.29 is 14.3 Å². The van der Waals surface area contributed by atoms with Crippen LogP contribution in [0.4, 0.5) is 0 Å². The highest BCUT2D eigenvalue weighted by atomic mass is 16.5. The molecule has 128 valence electrons. The van der Waals surface area contributed by atoms with Gasteiger partial charge >= 0.3 is 0 Å². The van der Waals surface area contributed by atoms with Gasteiger partial charge in [-0.1, -0.05) is 30.3 Å². The van der Waals surface area contributed by atoms with E-state index in [4.69, 9.17) is 4.74 Å². The van der Waals surface area contributed by atoms with E-state index in [1.807, 2.05) is 37.3 Å². The second-order valence-corrected chi connectivity index (χ2v) is 5.57. The Morgan fingerprint density at radius 1 is 1.17 bits per heavy atom. The summed E-state index contributed by atoms with van der Waals surface area (Å²) < 4.78 is 4.92. The molecule has 1 aromatic rings. The number of hydrogen-bond acceptors (Lipinski definition) is 4.